The molecule has 13 nitrogen and oxygen atoms in total. The molecule has 1 saturated heterocycles. The SMILES string of the molecule is CC(=O)c1cn(CC(=O)N2C[C@H](F)C[C@H]2C(=O)NCc2cccc(Cl)c2F)c2cc(P(=O)(OOC(=O)C(C)(C)C)OOC(=O)C(C)(C)C)ccc12. The molecule has 0 bridgehead atoms. The van der Waals surface area contributed by atoms with Crippen LogP contribution < -0.4 is 10.6 Å². The number of aromatic nitrogens is 1. The summed E-state index contributed by atoms with van der Waals surface area (Å²) in [5, 5.41) is 2.42. The van der Waals surface area contributed by atoms with Crippen LogP contribution in [0.4, 0.5) is 8.78 Å². The van der Waals surface area contributed by atoms with Gasteiger partial charge < -0.3 is 14.8 Å². The van der Waals surface area contributed by atoms with Gasteiger partial charge >= 0.3 is 19.5 Å². The molecule has 1 aliphatic heterocycles. The topological polar surface area (TPSA) is 160 Å². The summed E-state index contributed by atoms with van der Waals surface area (Å²) < 4.78 is 54.5. The number of carbonyl (C=O) groups excluding carboxylic acids is 5. The highest BCUT2D eigenvalue weighted by molar-refractivity contribution is 7.62. The molecule has 17 heteroatoms. The maximum atomic E-state index is 14.7. The van der Waals surface area contributed by atoms with Gasteiger partial charge in [-0.25, -0.2) is 22.9 Å². The zero-order chi connectivity index (χ0) is 38.1. The van der Waals surface area contributed by atoms with E-state index in [9.17, 15) is 37.3 Å². The summed E-state index contributed by atoms with van der Waals surface area (Å²) in [6.45, 7) is 9.23. The number of carbonyl (C=O) groups is 5. The fourth-order valence-electron chi connectivity index (χ4n) is 4.91. The maximum absolute atomic E-state index is 14.7. The third-order valence-electron chi connectivity index (χ3n) is 7.87. The molecule has 4 rings (SSSR count). The number of benzene rings is 2. The largest absolute Gasteiger partial charge is 0.435 e. The van der Waals surface area contributed by atoms with E-state index in [-0.39, 0.29) is 45.7 Å². The van der Waals surface area contributed by atoms with E-state index >= 15 is 0 Å². The summed E-state index contributed by atoms with van der Waals surface area (Å²) >= 11 is 5.82. The number of nitrogens with zero attached hydrogens (tertiary/aromatic N) is 2. The Morgan fingerprint density at radius 1 is 0.980 bits per heavy atom. The Hall–Kier alpha value is -4.17. The Kier molecular flexibility index (Phi) is 11.8. The van der Waals surface area contributed by atoms with Crippen molar-refractivity contribution >= 4 is 64.9 Å². The number of hydrogen-bond donors (Lipinski definition) is 1. The molecule has 2 heterocycles. The molecular weight excluding hydrogens is 715 g/mol. The van der Waals surface area contributed by atoms with Crippen LogP contribution in [0.25, 0.3) is 10.9 Å². The van der Waals surface area contributed by atoms with Gasteiger partial charge in [0, 0.05) is 35.7 Å². The molecule has 0 aliphatic carbocycles. The maximum Gasteiger partial charge on any atom is 0.435 e. The molecule has 2 aromatic carbocycles. The first kappa shape index (κ1) is 39.6. The molecule has 1 aromatic heterocycles. The van der Waals surface area contributed by atoms with Crippen LogP contribution in [0.5, 0.6) is 0 Å². The number of ketones is 1. The van der Waals surface area contributed by atoms with Crippen molar-refractivity contribution in [1.29, 1.82) is 0 Å². The van der Waals surface area contributed by atoms with Gasteiger partial charge in [-0.3, -0.25) is 24.2 Å². The Morgan fingerprint density at radius 2 is 1.59 bits per heavy atom. The van der Waals surface area contributed by atoms with Crippen molar-refractivity contribution in [3.05, 3.63) is 64.6 Å². The third kappa shape index (κ3) is 9.20. The van der Waals surface area contributed by atoms with Crippen LogP contribution >= 0.6 is 19.2 Å². The predicted octanol–water partition coefficient (Wildman–Crippen LogP) is 5.75. The van der Waals surface area contributed by atoms with E-state index in [1.54, 1.807) is 0 Å². The van der Waals surface area contributed by atoms with Crippen molar-refractivity contribution in [2.75, 3.05) is 6.54 Å². The second-order valence-corrected chi connectivity index (χ2v) is 16.4. The van der Waals surface area contributed by atoms with Gasteiger partial charge in [0.05, 0.1) is 33.2 Å². The number of alkyl halides is 1. The summed E-state index contributed by atoms with van der Waals surface area (Å²) in [4.78, 5) is 75.0. The zero-order valence-corrected chi connectivity index (χ0v) is 30.7. The molecule has 51 heavy (non-hydrogen) atoms. The number of amides is 2. The Labute approximate surface area is 297 Å². The number of nitrogens with one attached hydrogen (secondary N) is 1. The minimum Gasteiger partial charge on any atom is -0.350 e. The smallest absolute Gasteiger partial charge is 0.350 e. The molecule has 0 spiro atoms. The molecular formula is C34H39ClF2N3O10P. The Bertz CT molecular complexity index is 1890. The molecule has 1 fully saturated rings. The molecule has 0 unspecified atom stereocenters. The first-order valence-corrected chi connectivity index (χ1v) is 17.7. The summed E-state index contributed by atoms with van der Waals surface area (Å²) in [6.07, 6.45) is -0.468. The molecule has 2 atom stereocenters. The monoisotopic (exact) mass is 753 g/mol. The highest BCUT2D eigenvalue weighted by atomic mass is 35.5. The molecule has 276 valence electrons. The number of hydrogen-bond acceptors (Lipinski definition) is 10. The second kappa shape index (κ2) is 15.2. The van der Waals surface area contributed by atoms with E-state index in [0.29, 0.717) is 5.39 Å². The lowest BCUT2D eigenvalue weighted by molar-refractivity contribution is -0.257. The van der Waals surface area contributed by atoms with Crippen molar-refractivity contribution in [1.82, 2.24) is 14.8 Å². The lowest BCUT2D eigenvalue weighted by atomic mass is 9.98. The quantitative estimate of drug-likeness (QED) is 0.111. The third-order valence-corrected chi connectivity index (χ3v) is 9.62. The fraction of sp³-hybridized carbons (Fsp3) is 0.441. The van der Waals surface area contributed by atoms with Crippen molar-refractivity contribution in [3.8, 4) is 0 Å². The predicted molar refractivity (Wildman–Crippen MR) is 181 cm³/mol. The summed E-state index contributed by atoms with van der Waals surface area (Å²) in [6, 6.07) is 6.92. The lowest BCUT2D eigenvalue weighted by Gasteiger charge is -2.24. The van der Waals surface area contributed by atoms with Crippen molar-refractivity contribution in [2.45, 2.75) is 80.2 Å². The van der Waals surface area contributed by atoms with Gasteiger partial charge in [0.1, 0.15) is 24.6 Å². The molecule has 0 radical (unpaired) electrons. The van der Waals surface area contributed by atoms with Gasteiger partial charge in [-0.1, -0.05) is 39.1 Å². The van der Waals surface area contributed by atoms with Crippen LogP contribution in [0.2, 0.25) is 5.02 Å². The van der Waals surface area contributed by atoms with Crippen LogP contribution in [0.1, 0.15) is 70.8 Å². The Morgan fingerprint density at radius 3 is 2.16 bits per heavy atom. The number of Topliss-reactive ketones (excluding diaryl/α,β-unsaturated/α-hetero) is 1. The minimum atomic E-state index is -4.80. The van der Waals surface area contributed by atoms with Crippen LogP contribution in [0.15, 0.2) is 42.6 Å². The van der Waals surface area contributed by atoms with E-state index < -0.39 is 73.3 Å². The van der Waals surface area contributed by atoms with E-state index in [1.165, 1.54) is 95.6 Å². The van der Waals surface area contributed by atoms with Gasteiger partial charge in [0.15, 0.2) is 5.78 Å². The first-order valence-electron chi connectivity index (χ1n) is 15.8. The average molecular weight is 754 g/mol. The first-order chi connectivity index (χ1) is 23.6. The van der Waals surface area contributed by atoms with Gasteiger partial charge in [0.25, 0.3) is 0 Å². The van der Waals surface area contributed by atoms with Crippen molar-refractivity contribution in [2.24, 2.45) is 10.8 Å². The molecule has 0 saturated carbocycles. The van der Waals surface area contributed by atoms with E-state index in [1.807, 2.05) is 0 Å². The van der Waals surface area contributed by atoms with Crippen LogP contribution in [0, 0.1) is 16.6 Å². The van der Waals surface area contributed by atoms with E-state index in [4.69, 9.17) is 30.7 Å². The number of halogens is 3. The highest BCUT2D eigenvalue weighted by Gasteiger charge is 2.41. The molecule has 1 aliphatic rings. The second-order valence-electron chi connectivity index (χ2n) is 14.1. The highest BCUT2D eigenvalue weighted by Crippen LogP contribution is 2.49. The number of rotatable bonds is 11. The zero-order valence-electron chi connectivity index (χ0n) is 29.1. The molecule has 2 amide bonds. The Balaban J connectivity index is 1.65. The average Bonchev–Trinajstić information content (AvgIpc) is 3.62. The summed E-state index contributed by atoms with van der Waals surface area (Å²) in [5.74, 6) is -4.36. The standard InChI is InChI=1S/C34H39ClF2N3O10P/c1-19(41)24-17-39(18-28(42)40-16-21(36)13-27(40)30(43)38-15-20-9-8-10-25(35)29(20)37)26-14-22(11-12-23(24)26)51(46,49-47-31(44)33(2,3)4)50-48-32(45)34(5,6)7/h8-12,14,17,21,27H,13,15-16,18H2,1-7H3,(H,38,43)/t21-,27+/m1/s1. The number of likely N-dealkylation sites (tertiary alicyclic amines) is 1. The lowest BCUT2D eigenvalue weighted by Crippen LogP contribution is -2.46. The number of fused-ring (bicyclic) bond motifs is 1. The van der Waals surface area contributed by atoms with E-state index in [0.717, 1.165) is 4.90 Å². The van der Waals surface area contributed by atoms with Crippen molar-refractivity contribution < 1.29 is 56.4 Å². The normalized spacial score (nSPS) is 16.6. The minimum absolute atomic E-state index is 0.0986. The van der Waals surface area contributed by atoms with Gasteiger partial charge in [-0.15, -0.1) is 0 Å². The van der Waals surface area contributed by atoms with Gasteiger partial charge in [-0.2, -0.15) is 0 Å². The van der Waals surface area contributed by atoms with Crippen LogP contribution in [0.3, 0.4) is 0 Å². The summed E-state index contributed by atoms with van der Waals surface area (Å²) in [5.41, 5.74) is -1.76. The van der Waals surface area contributed by atoms with Crippen LogP contribution in [-0.2, 0) is 56.0 Å². The van der Waals surface area contributed by atoms with E-state index in [2.05, 4.69) is 5.32 Å². The molecule has 1 N–H and O–H groups in total. The fourth-order valence-corrected chi connectivity index (χ4v) is 6.17. The van der Waals surface area contributed by atoms with Crippen molar-refractivity contribution in [3.63, 3.8) is 0 Å². The van der Waals surface area contributed by atoms with Crippen LogP contribution in [-0.4, -0.2) is 57.8 Å². The summed E-state index contributed by atoms with van der Waals surface area (Å²) in [7, 11) is -4.80. The van der Waals surface area contributed by atoms with Gasteiger partial charge in [0.2, 0.25) is 11.8 Å². The molecule has 3 aromatic rings. The van der Waals surface area contributed by atoms with Gasteiger partial charge in [-0.05, 0) is 66.7 Å².